The van der Waals surface area contributed by atoms with Crippen LogP contribution in [-0.4, -0.2) is 11.7 Å². The number of carbonyl (C=O) groups excluding carboxylic acids is 2. The Morgan fingerprint density at radius 2 is 1.05 bits per heavy atom. The van der Waals surface area contributed by atoms with E-state index in [9.17, 15) is 9.59 Å². The molecule has 3 nitrogen and oxygen atoms in total. The Morgan fingerprint density at radius 3 is 1.49 bits per heavy atom. The molecule has 41 heavy (non-hydrogen) atoms. The van der Waals surface area contributed by atoms with Gasteiger partial charge >= 0.3 is 0 Å². The van der Waals surface area contributed by atoms with Crippen molar-refractivity contribution < 1.29 is 9.59 Å². The predicted octanol–water partition coefficient (Wildman–Crippen LogP) is 10.1. The quantitative estimate of drug-likeness (QED) is 0.249. The van der Waals surface area contributed by atoms with Crippen LogP contribution in [0.15, 0.2) is 120 Å². The second-order valence-corrected chi connectivity index (χ2v) is 10.5. The van der Waals surface area contributed by atoms with Crippen LogP contribution in [0.5, 0.6) is 0 Å². The van der Waals surface area contributed by atoms with E-state index in [-0.39, 0.29) is 23.5 Å². The maximum absolute atomic E-state index is 13.3. The van der Waals surface area contributed by atoms with Gasteiger partial charge in [0, 0.05) is 28.1 Å². The molecule has 4 aromatic rings. The molecule has 1 aliphatic carbocycles. The molecule has 0 unspecified atom stereocenters. The Balaban J connectivity index is 0.000000298. The normalized spacial score (nSPS) is 15.4. The number of amides is 1. The number of hydrogen-bond acceptors (Lipinski definition) is 3. The Labute approximate surface area is 253 Å². The number of para-hydroxylation sites is 1. The molecule has 0 aromatic heterocycles. The Bertz CT molecular complexity index is 1250. The summed E-state index contributed by atoms with van der Waals surface area (Å²) in [7, 11) is 0. The van der Waals surface area contributed by atoms with Gasteiger partial charge in [-0.15, -0.1) is 12.6 Å². The van der Waals surface area contributed by atoms with Gasteiger partial charge in [0.05, 0.1) is 0 Å². The lowest BCUT2D eigenvalue weighted by molar-refractivity contribution is -0.126. The van der Waals surface area contributed by atoms with Crippen LogP contribution in [0.1, 0.15) is 57.6 Å². The van der Waals surface area contributed by atoms with Crippen molar-refractivity contribution in [3.05, 3.63) is 126 Å². The molecule has 0 saturated heterocycles. The molecule has 4 heteroatoms. The number of benzene rings is 4. The molecular weight excluding hydrogens is 522 g/mol. The van der Waals surface area contributed by atoms with E-state index in [1.807, 2.05) is 135 Å². The monoisotopic (exact) mass is 567 g/mol. The summed E-state index contributed by atoms with van der Waals surface area (Å²) in [6.45, 7) is 9.75. The highest BCUT2D eigenvalue weighted by Gasteiger charge is 2.32. The molecular formula is C37H45NO2S. The molecule has 0 atom stereocenters. The van der Waals surface area contributed by atoms with Gasteiger partial charge < -0.3 is 0 Å². The van der Waals surface area contributed by atoms with E-state index in [0.29, 0.717) is 0 Å². The van der Waals surface area contributed by atoms with Crippen molar-refractivity contribution in [2.75, 3.05) is 4.90 Å². The van der Waals surface area contributed by atoms with Crippen molar-refractivity contribution in [3.8, 4) is 0 Å². The highest BCUT2D eigenvalue weighted by molar-refractivity contribution is 7.80. The predicted molar refractivity (Wildman–Crippen MR) is 177 cm³/mol. The first kappa shape index (κ1) is 33.6. The molecule has 216 valence electrons. The van der Waals surface area contributed by atoms with Crippen LogP contribution in [0.25, 0.3) is 0 Å². The molecule has 5 rings (SSSR count). The average molecular weight is 568 g/mol. The number of carbonyl (C=O) groups is 2. The largest absolute Gasteiger partial charge is 0.300 e. The third-order valence-electron chi connectivity index (χ3n) is 6.81. The molecule has 0 radical (unpaired) electrons. The zero-order chi connectivity index (χ0) is 30.0. The van der Waals surface area contributed by atoms with E-state index < -0.39 is 0 Å². The third kappa shape index (κ3) is 11.8. The zero-order valence-corrected chi connectivity index (χ0v) is 26.1. The summed E-state index contributed by atoms with van der Waals surface area (Å²) in [5.41, 5.74) is 4.20. The van der Waals surface area contributed by atoms with Gasteiger partial charge in [-0.1, -0.05) is 98.3 Å². The molecule has 1 saturated carbocycles. The van der Waals surface area contributed by atoms with Gasteiger partial charge in [0.15, 0.2) is 0 Å². The van der Waals surface area contributed by atoms with Crippen molar-refractivity contribution in [1.82, 2.24) is 0 Å². The first-order valence-electron chi connectivity index (χ1n) is 14.6. The maximum Gasteiger partial charge on any atom is 0.234 e. The van der Waals surface area contributed by atoms with Crippen molar-refractivity contribution in [2.24, 2.45) is 11.8 Å². The van der Waals surface area contributed by atoms with Crippen molar-refractivity contribution in [3.63, 3.8) is 0 Å². The van der Waals surface area contributed by atoms with Crippen LogP contribution in [0.4, 0.5) is 11.4 Å². The van der Waals surface area contributed by atoms with Crippen LogP contribution in [0.2, 0.25) is 0 Å². The fourth-order valence-corrected chi connectivity index (χ4v) is 4.98. The van der Waals surface area contributed by atoms with E-state index in [0.717, 1.165) is 47.5 Å². The van der Waals surface area contributed by atoms with E-state index in [2.05, 4.69) is 25.6 Å². The minimum Gasteiger partial charge on any atom is -0.300 e. The van der Waals surface area contributed by atoms with E-state index in [4.69, 9.17) is 0 Å². The Kier molecular flexibility index (Phi) is 15.3. The lowest BCUT2D eigenvalue weighted by atomic mass is 9.79. The second kappa shape index (κ2) is 18.7. The van der Waals surface area contributed by atoms with Gasteiger partial charge in [-0.2, -0.15) is 0 Å². The average Bonchev–Trinajstić information content (AvgIpc) is 3.00. The smallest absolute Gasteiger partial charge is 0.234 e. The molecule has 1 amide bonds. The number of rotatable bonds is 4. The highest BCUT2D eigenvalue weighted by atomic mass is 32.1. The van der Waals surface area contributed by atoms with Crippen molar-refractivity contribution in [1.29, 1.82) is 0 Å². The molecule has 0 N–H and O–H groups in total. The van der Waals surface area contributed by atoms with E-state index in [1.165, 1.54) is 5.56 Å². The van der Waals surface area contributed by atoms with Gasteiger partial charge in [-0.25, -0.2) is 0 Å². The van der Waals surface area contributed by atoms with Crippen molar-refractivity contribution >= 4 is 35.7 Å². The lowest BCUT2D eigenvalue weighted by Gasteiger charge is -2.31. The van der Waals surface area contributed by atoms with Gasteiger partial charge in [0.2, 0.25) is 5.91 Å². The summed E-state index contributed by atoms with van der Waals surface area (Å²) in [5.74, 6) is 0.507. The molecule has 1 aliphatic rings. The topological polar surface area (TPSA) is 37.4 Å². The standard InChI is InChI=1S/C22H25NO2.C7H8S.C6H6.C2H6/c1-16-7-6-10-21(15-16)23(20-8-4-3-5-9-20)22(25)19-13-11-18(12-14-19)17(2)24;1-6-3-2-4-7(8)5-6;1-2-4-6-5-3-1;1-2/h3-10,15,18-19H,11-14H2,1-2H3;2-5,8H,1H3;1-6H;1-2H3. The SMILES string of the molecule is CC.CC(=O)C1CCC(C(=O)N(c2ccccc2)c2cccc(C)c2)CC1.Cc1cccc(S)c1.c1ccccc1. The number of ketones is 1. The summed E-state index contributed by atoms with van der Waals surface area (Å²) in [6.07, 6.45) is 3.22. The van der Waals surface area contributed by atoms with Gasteiger partial charge in [0.1, 0.15) is 5.78 Å². The minimum absolute atomic E-state index is 0.0173. The Hall–Kier alpha value is -3.63. The van der Waals surface area contributed by atoms with Crippen LogP contribution in [0.3, 0.4) is 0 Å². The van der Waals surface area contributed by atoms with Crippen molar-refractivity contribution in [2.45, 2.75) is 65.2 Å². The number of aryl methyl sites for hydroxylation is 2. The third-order valence-corrected chi connectivity index (χ3v) is 7.09. The zero-order valence-electron chi connectivity index (χ0n) is 25.2. The van der Waals surface area contributed by atoms with Gasteiger partial charge in [-0.3, -0.25) is 14.5 Å². The molecule has 0 spiro atoms. The fourth-order valence-electron chi connectivity index (χ4n) is 4.69. The van der Waals surface area contributed by atoms with E-state index >= 15 is 0 Å². The number of Topliss-reactive ketones (excluding diaryl/α,β-unsaturated/α-hetero) is 1. The summed E-state index contributed by atoms with van der Waals surface area (Å²) in [5, 5.41) is 0. The number of hydrogen-bond donors (Lipinski definition) is 1. The van der Waals surface area contributed by atoms with Gasteiger partial charge in [0.25, 0.3) is 0 Å². The molecule has 0 bridgehead atoms. The maximum atomic E-state index is 13.3. The fraction of sp³-hybridized carbons (Fsp3) is 0.297. The van der Waals surface area contributed by atoms with E-state index in [1.54, 1.807) is 6.92 Å². The van der Waals surface area contributed by atoms with Crippen LogP contribution < -0.4 is 4.90 Å². The molecule has 4 aromatic carbocycles. The lowest BCUT2D eigenvalue weighted by Crippen LogP contribution is -2.35. The summed E-state index contributed by atoms with van der Waals surface area (Å²) >= 11 is 4.15. The van der Waals surface area contributed by atoms with Crippen LogP contribution in [0, 0.1) is 25.7 Å². The summed E-state index contributed by atoms with van der Waals surface area (Å²) < 4.78 is 0. The molecule has 0 aliphatic heterocycles. The Morgan fingerprint density at radius 1 is 0.610 bits per heavy atom. The number of thiol groups is 1. The highest BCUT2D eigenvalue weighted by Crippen LogP contribution is 2.35. The number of anilines is 2. The molecule has 0 heterocycles. The first-order valence-corrected chi connectivity index (χ1v) is 15.0. The minimum atomic E-state index is -0.0173. The van der Waals surface area contributed by atoms with Gasteiger partial charge in [-0.05, 0) is 88.4 Å². The summed E-state index contributed by atoms with van der Waals surface area (Å²) in [4.78, 5) is 27.8. The first-order chi connectivity index (χ1) is 19.8. The second-order valence-electron chi connectivity index (χ2n) is 10.0. The summed E-state index contributed by atoms with van der Waals surface area (Å²) in [6, 6.07) is 37.9. The number of nitrogens with zero attached hydrogens (tertiary/aromatic N) is 1. The van der Waals surface area contributed by atoms with Crippen LogP contribution in [-0.2, 0) is 9.59 Å². The molecule has 1 fully saturated rings. The van der Waals surface area contributed by atoms with Crippen LogP contribution >= 0.6 is 12.6 Å².